The van der Waals surface area contributed by atoms with E-state index in [1.54, 1.807) is 19.2 Å². The number of ether oxygens (including phenoxy) is 1. The molecule has 0 amide bonds. The summed E-state index contributed by atoms with van der Waals surface area (Å²) in [5.74, 6) is 0.746. The van der Waals surface area contributed by atoms with E-state index in [9.17, 15) is 10.1 Å². The van der Waals surface area contributed by atoms with Crippen molar-refractivity contribution < 1.29 is 9.66 Å². The predicted molar refractivity (Wildman–Crippen MR) is 40.7 cm³/mol. The zero-order chi connectivity index (χ0) is 8.27. The lowest BCUT2D eigenvalue weighted by Crippen LogP contribution is -1.86. The van der Waals surface area contributed by atoms with E-state index in [1.165, 1.54) is 12.1 Å². The van der Waals surface area contributed by atoms with E-state index in [2.05, 4.69) is 4.74 Å². The lowest BCUT2D eigenvalue weighted by molar-refractivity contribution is -0.384. The third kappa shape index (κ3) is 1.67. The minimum absolute atomic E-state index is 0.0948. The van der Waals surface area contributed by atoms with Crippen LogP contribution in [0.5, 0.6) is 5.75 Å². The second-order valence-electron chi connectivity index (χ2n) is 2.00. The highest BCUT2D eigenvalue weighted by molar-refractivity contribution is 5.35. The molecule has 0 saturated carbocycles. The van der Waals surface area contributed by atoms with Crippen LogP contribution >= 0.6 is 0 Å². The third-order valence-corrected chi connectivity index (χ3v) is 1.32. The monoisotopic (exact) mass is 154 g/mol. The van der Waals surface area contributed by atoms with Crippen LogP contribution in [-0.2, 0) is 0 Å². The molecular formula is C7H8NO3+. The van der Waals surface area contributed by atoms with E-state index in [0.717, 1.165) is 5.75 Å². The Balaban J connectivity index is 2.91. The molecule has 0 aliphatic heterocycles. The van der Waals surface area contributed by atoms with Gasteiger partial charge in [-0.05, 0) is 0 Å². The van der Waals surface area contributed by atoms with Gasteiger partial charge in [0, 0.05) is 24.3 Å². The lowest BCUT2D eigenvalue weighted by Gasteiger charge is -1.94. The minimum atomic E-state index is -0.431. The second-order valence-corrected chi connectivity index (χ2v) is 2.00. The fourth-order valence-electron chi connectivity index (χ4n) is 0.723. The zero-order valence-electron chi connectivity index (χ0n) is 6.02. The van der Waals surface area contributed by atoms with Crippen LogP contribution < -0.4 is 0 Å². The van der Waals surface area contributed by atoms with Gasteiger partial charge in [0.15, 0.2) is 7.11 Å². The Morgan fingerprint density at radius 2 is 1.91 bits per heavy atom. The summed E-state index contributed by atoms with van der Waals surface area (Å²) < 4.78 is 3.85. The first-order valence-corrected chi connectivity index (χ1v) is 3.08. The van der Waals surface area contributed by atoms with Crippen LogP contribution in [0.3, 0.4) is 0 Å². The number of nitrogens with zero attached hydrogens (tertiary/aromatic N) is 1. The van der Waals surface area contributed by atoms with Crippen LogP contribution in [0.15, 0.2) is 24.3 Å². The van der Waals surface area contributed by atoms with E-state index in [0.29, 0.717) is 0 Å². The number of aliphatic hydroxyl groups is 1. The Morgan fingerprint density at radius 1 is 1.36 bits per heavy atom. The van der Waals surface area contributed by atoms with Crippen LogP contribution in [0, 0.1) is 10.1 Å². The maximum atomic E-state index is 10.2. The number of hydrogen-bond donors (Lipinski definition) is 0. The standard InChI is InChI=1S/C7H7NO3/c1-11-7-4-2-6(3-5-7)8(9)10/h2-5H,1H3/p+1. The summed E-state index contributed by atoms with van der Waals surface area (Å²) in [6, 6.07) is 6.08. The number of rotatable bonds is 2. The summed E-state index contributed by atoms with van der Waals surface area (Å²) in [6.45, 7) is 0. The zero-order valence-corrected chi connectivity index (χ0v) is 6.02. The molecule has 0 bridgehead atoms. The van der Waals surface area contributed by atoms with Crippen molar-refractivity contribution in [2.24, 2.45) is 0 Å². The van der Waals surface area contributed by atoms with E-state index in [-0.39, 0.29) is 5.69 Å². The molecule has 0 radical (unpaired) electrons. The van der Waals surface area contributed by atoms with Gasteiger partial charge in [0.05, 0.1) is 4.92 Å². The van der Waals surface area contributed by atoms with E-state index >= 15 is 0 Å². The van der Waals surface area contributed by atoms with Gasteiger partial charge in [-0.1, -0.05) is 0 Å². The van der Waals surface area contributed by atoms with Crippen molar-refractivity contribution >= 4 is 5.69 Å². The van der Waals surface area contributed by atoms with Crippen molar-refractivity contribution in [1.82, 2.24) is 0 Å². The van der Waals surface area contributed by atoms with Crippen LogP contribution in [0.4, 0.5) is 5.69 Å². The van der Waals surface area contributed by atoms with Crippen LogP contribution in [0.1, 0.15) is 0 Å². The first-order valence-electron chi connectivity index (χ1n) is 3.08. The summed E-state index contributed by atoms with van der Waals surface area (Å²) in [5.41, 5.74) is 0.0948. The molecule has 0 aromatic heterocycles. The Morgan fingerprint density at radius 3 is 2.27 bits per heavy atom. The van der Waals surface area contributed by atoms with Crippen molar-refractivity contribution in [3.63, 3.8) is 0 Å². The van der Waals surface area contributed by atoms with Crippen molar-refractivity contribution in [3.05, 3.63) is 34.4 Å². The van der Waals surface area contributed by atoms with Crippen molar-refractivity contribution in [3.8, 4) is 5.75 Å². The average molecular weight is 154 g/mol. The van der Waals surface area contributed by atoms with Gasteiger partial charge in [-0.3, -0.25) is 10.1 Å². The highest BCUT2D eigenvalue weighted by atomic mass is 16.6. The Kier molecular flexibility index (Phi) is 2.06. The van der Waals surface area contributed by atoms with Gasteiger partial charge in [-0.15, -0.1) is 0 Å². The Hall–Kier alpha value is -1.58. The van der Waals surface area contributed by atoms with E-state index < -0.39 is 4.92 Å². The highest BCUT2D eigenvalue weighted by Gasteiger charge is 2.04. The summed E-state index contributed by atoms with van der Waals surface area (Å²) >= 11 is 0. The molecule has 0 heterocycles. The molecule has 1 aromatic carbocycles. The van der Waals surface area contributed by atoms with Gasteiger partial charge in [0.25, 0.3) is 11.4 Å². The molecule has 0 fully saturated rings. The fourth-order valence-corrected chi connectivity index (χ4v) is 0.723. The van der Waals surface area contributed by atoms with Gasteiger partial charge >= 0.3 is 0 Å². The molecule has 1 N–H and O–H groups in total. The number of aromatic hydroxyl groups is 1. The largest absolute Gasteiger partial charge is 0.585 e. The molecule has 0 saturated heterocycles. The van der Waals surface area contributed by atoms with Gasteiger partial charge < -0.3 is 4.74 Å². The summed E-state index contributed by atoms with van der Waals surface area (Å²) in [4.78, 5) is 9.74. The number of nitro groups is 1. The summed E-state index contributed by atoms with van der Waals surface area (Å²) in [6.07, 6.45) is 0. The van der Waals surface area contributed by atoms with Crippen molar-refractivity contribution in [2.75, 3.05) is 7.11 Å². The molecular weight excluding hydrogens is 146 g/mol. The number of benzene rings is 1. The van der Waals surface area contributed by atoms with Crippen LogP contribution in [0.2, 0.25) is 0 Å². The van der Waals surface area contributed by atoms with E-state index in [4.69, 9.17) is 0 Å². The van der Waals surface area contributed by atoms with Crippen molar-refractivity contribution in [1.29, 1.82) is 0 Å². The van der Waals surface area contributed by atoms with Crippen LogP contribution in [0.25, 0.3) is 0 Å². The minimum Gasteiger partial charge on any atom is -0.585 e. The molecule has 1 aromatic rings. The second kappa shape index (κ2) is 3.01. The van der Waals surface area contributed by atoms with Gasteiger partial charge in [0.1, 0.15) is 0 Å². The summed E-state index contributed by atoms with van der Waals surface area (Å²) in [5, 5.41) is 10.2. The Bertz CT molecular complexity index is 255. The Labute approximate surface area is 63.6 Å². The quantitative estimate of drug-likeness (QED) is 0.368. The van der Waals surface area contributed by atoms with Gasteiger partial charge in [0.2, 0.25) is 0 Å². The molecule has 0 unspecified atom stereocenters. The molecule has 58 valence electrons. The predicted octanol–water partition coefficient (Wildman–Crippen LogP) is 1.47. The maximum absolute atomic E-state index is 10.2. The molecule has 11 heavy (non-hydrogen) atoms. The number of hydrogen-bond acceptors (Lipinski definition) is 2. The third-order valence-electron chi connectivity index (χ3n) is 1.32. The molecule has 1 rings (SSSR count). The number of nitro benzene ring substituents is 1. The molecule has 0 aliphatic carbocycles. The fraction of sp³-hybridized carbons (Fsp3) is 0.143. The SMILES string of the molecule is C[OH+]c1ccc([N+](=O)[O-])cc1. The molecule has 4 heteroatoms. The molecule has 0 spiro atoms. The van der Waals surface area contributed by atoms with Gasteiger partial charge in [-0.25, -0.2) is 0 Å². The normalized spacial score (nSPS) is 9.18. The maximum Gasteiger partial charge on any atom is 0.270 e. The van der Waals surface area contributed by atoms with Gasteiger partial charge in [-0.2, -0.15) is 0 Å². The van der Waals surface area contributed by atoms with Crippen molar-refractivity contribution in [2.45, 2.75) is 0 Å². The first kappa shape index (κ1) is 7.53. The first-order chi connectivity index (χ1) is 5.24. The lowest BCUT2D eigenvalue weighted by atomic mass is 10.3. The molecule has 0 atom stereocenters. The molecule has 4 nitrogen and oxygen atoms in total. The number of non-ortho nitro benzene ring substituents is 1. The topological polar surface area (TPSA) is 55.9 Å². The smallest absolute Gasteiger partial charge is 0.270 e. The molecule has 0 aliphatic rings. The van der Waals surface area contributed by atoms with E-state index in [1.807, 2.05) is 0 Å². The average Bonchev–Trinajstić information content (AvgIpc) is 2.05. The highest BCUT2D eigenvalue weighted by Crippen LogP contribution is 2.16. The van der Waals surface area contributed by atoms with Crippen LogP contribution in [-0.4, -0.2) is 16.8 Å². The summed E-state index contributed by atoms with van der Waals surface area (Å²) in [7, 11) is 1.64.